The molecule has 0 bridgehead atoms. The molecule has 0 radical (unpaired) electrons. The topological polar surface area (TPSA) is 117 Å². The number of carbonyl (C=O) groups excluding carboxylic acids is 1. The highest BCUT2D eigenvalue weighted by Crippen LogP contribution is 2.52. The molecule has 172 valence electrons. The van der Waals surface area contributed by atoms with Crippen LogP contribution in [0.1, 0.15) is 41.4 Å². The fourth-order valence-corrected chi connectivity index (χ4v) is 4.41. The number of ether oxygens (including phenoxy) is 1. The molecule has 0 spiro atoms. The van der Waals surface area contributed by atoms with Gasteiger partial charge in [-0.1, -0.05) is 60.7 Å². The van der Waals surface area contributed by atoms with Crippen LogP contribution in [0.2, 0.25) is 0 Å². The second kappa shape index (κ2) is 7.83. The number of ketones is 1. The first kappa shape index (κ1) is 21.9. The summed E-state index contributed by atoms with van der Waals surface area (Å²) in [6, 6.07) is 18.5. The van der Waals surface area contributed by atoms with E-state index in [4.69, 9.17) is 9.15 Å². The zero-order chi connectivity index (χ0) is 24.2. The van der Waals surface area contributed by atoms with Gasteiger partial charge in [-0.2, -0.15) is 0 Å². The van der Waals surface area contributed by atoms with Gasteiger partial charge < -0.3 is 24.5 Å². The molecule has 34 heavy (non-hydrogen) atoms. The van der Waals surface area contributed by atoms with E-state index in [0.29, 0.717) is 11.1 Å². The van der Waals surface area contributed by atoms with Crippen molar-refractivity contribution < 1.29 is 29.3 Å². The lowest BCUT2D eigenvalue weighted by Gasteiger charge is -2.41. The van der Waals surface area contributed by atoms with Crippen molar-refractivity contribution in [2.45, 2.75) is 31.7 Å². The summed E-state index contributed by atoms with van der Waals surface area (Å²) >= 11 is 0. The van der Waals surface area contributed by atoms with Crippen LogP contribution in [0.15, 0.2) is 75.9 Å². The molecule has 0 saturated heterocycles. The minimum absolute atomic E-state index is 0.0440. The molecule has 3 N–H and O–H groups in total. The van der Waals surface area contributed by atoms with Crippen LogP contribution < -0.4 is 10.4 Å². The summed E-state index contributed by atoms with van der Waals surface area (Å²) in [6.45, 7) is 3.19. The highest BCUT2D eigenvalue weighted by molar-refractivity contribution is 6.20. The zero-order valence-corrected chi connectivity index (χ0v) is 18.5. The Morgan fingerprint density at radius 2 is 1.59 bits per heavy atom. The van der Waals surface area contributed by atoms with Gasteiger partial charge >= 0.3 is 5.63 Å². The van der Waals surface area contributed by atoms with Crippen LogP contribution in [0.3, 0.4) is 0 Å². The Morgan fingerprint density at radius 3 is 2.24 bits per heavy atom. The van der Waals surface area contributed by atoms with E-state index < -0.39 is 35.0 Å². The zero-order valence-electron chi connectivity index (χ0n) is 18.5. The van der Waals surface area contributed by atoms with Crippen LogP contribution in [-0.4, -0.2) is 32.8 Å². The molecule has 3 aromatic carbocycles. The summed E-state index contributed by atoms with van der Waals surface area (Å²) in [5.41, 5.74) is -1.23. The number of aromatic hydroxyl groups is 1. The Balaban J connectivity index is 1.97. The second-order valence-corrected chi connectivity index (χ2v) is 8.81. The van der Waals surface area contributed by atoms with Gasteiger partial charge in [-0.05, 0) is 19.4 Å². The summed E-state index contributed by atoms with van der Waals surface area (Å²) in [5, 5.41) is 33.2. The molecular formula is C27H22O7. The number of phenols is 1. The fourth-order valence-electron chi connectivity index (χ4n) is 4.41. The lowest BCUT2D eigenvalue weighted by molar-refractivity contribution is -0.111. The molecule has 1 aliphatic rings. The first-order valence-electron chi connectivity index (χ1n) is 10.8. The molecule has 7 heteroatoms. The molecule has 0 amide bonds. The van der Waals surface area contributed by atoms with E-state index in [2.05, 4.69) is 0 Å². The van der Waals surface area contributed by atoms with Gasteiger partial charge in [-0.25, -0.2) is 4.79 Å². The number of aliphatic hydroxyl groups excluding tert-OH is 2. The first-order chi connectivity index (χ1) is 16.2. The Bertz CT molecular complexity index is 1470. The highest BCUT2D eigenvalue weighted by atomic mass is 16.5. The highest BCUT2D eigenvalue weighted by Gasteiger charge is 2.46. The van der Waals surface area contributed by atoms with Crippen LogP contribution in [0.4, 0.5) is 0 Å². The maximum Gasteiger partial charge on any atom is 0.336 e. The third-order valence-electron chi connectivity index (χ3n) is 6.17. The van der Waals surface area contributed by atoms with Crippen molar-refractivity contribution in [1.82, 2.24) is 0 Å². The number of carbonyl (C=O) groups is 1. The van der Waals surface area contributed by atoms with Gasteiger partial charge in [-0.15, -0.1) is 0 Å². The van der Waals surface area contributed by atoms with E-state index in [9.17, 15) is 24.9 Å². The number of hydrogen-bond donors (Lipinski definition) is 3. The summed E-state index contributed by atoms with van der Waals surface area (Å²) in [7, 11) is 0. The number of aliphatic hydroxyl groups is 2. The van der Waals surface area contributed by atoms with Crippen molar-refractivity contribution in [3.8, 4) is 22.6 Å². The van der Waals surface area contributed by atoms with Crippen LogP contribution in [0.25, 0.3) is 22.1 Å². The molecular weight excluding hydrogens is 436 g/mol. The van der Waals surface area contributed by atoms with Crippen molar-refractivity contribution >= 4 is 16.8 Å². The molecule has 0 fully saturated rings. The molecule has 2 heterocycles. The average Bonchev–Trinajstić information content (AvgIpc) is 2.82. The largest absolute Gasteiger partial charge is 0.506 e. The van der Waals surface area contributed by atoms with Crippen LogP contribution in [0.5, 0.6) is 11.5 Å². The molecule has 0 aliphatic carbocycles. The summed E-state index contributed by atoms with van der Waals surface area (Å²) in [6.07, 6.45) is -2.94. The predicted molar refractivity (Wildman–Crippen MR) is 125 cm³/mol. The van der Waals surface area contributed by atoms with Crippen LogP contribution in [-0.2, 0) is 0 Å². The van der Waals surface area contributed by atoms with Crippen molar-refractivity contribution in [2.24, 2.45) is 0 Å². The smallest absolute Gasteiger partial charge is 0.336 e. The molecule has 5 rings (SSSR count). The monoisotopic (exact) mass is 458 g/mol. The number of fused-ring (bicyclic) bond motifs is 3. The van der Waals surface area contributed by atoms with Crippen molar-refractivity contribution in [1.29, 1.82) is 0 Å². The van der Waals surface area contributed by atoms with Gasteiger partial charge in [0.05, 0.1) is 10.9 Å². The van der Waals surface area contributed by atoms with E-state index in [0.717, 1.165) is 0 Å². The standard InChI is InChI=1S/C27H22O7/c1-27(2)26(32)23(31)20-22(30)19(21(29)15-11-7-4-8-12-15)24-18(25(20)34-27)16(13-17(28)33-24)14-9-5-3-6-10-14/h3-13,23,26,30-32H,1-2H3. The van der Waals surface area contributed by atoms with Crippen LogP contribution in [0, 0.1) is 0 Å². The van der Waals surface area contributed by atoms with E-state index >= 15 is 0 Å². The summed E-state index contributed by atoms with van der Waals surface area (Å²) < 4.78 is 11.6. The van der Waals surface area contributed by atoms with E-state index in [1.807, 2.05) is 6.07 Å². The minimum Gasteiger partial charge on any atom is -0.506 e. The summed E-state index contributed by atoms with van der Waals surface area (Å²) in [5.74, 6) is -1.17. The fraction of sp³-hybridized carbons (Fsp3) is 0.185. The van der Waals surface area contributed by atoms with Crippen molar-refractivity contribution in [2.75, 3.05) is 0 Å². The van der Waals surface area contributed by atoms with Gasteiger partial charge in [0.1, 0.15) is 34.9 Å². The molecule has 7 nitrogen and oxygen atoms in total. The Labute approximate surface area is 194 Å². The van der Waals surface area contributed by atoms with Gasteiger partial charge in [-0.3, -0.25) is 4.79 Å². The summed E-state index contributed by atoms with van der Waals surface area (Å²) in [4.78, 5) is 26.2. The van der Waals surface area contributed by atoms with E-state index in [-0.39, 0.29) is 33.4 Å². The van der Waals surface area contributed by atoms with Gasteiger partial charge in [0.25, 0.3) is 0 Å². The molecule has 1 aromatic heterocycles. The van der Waals surface area contributed by atoms with Crippen LogP contribution >= 0.6 is 0 Å². The van der Waals surface area contributed by atoms with Gasteiger partial charge in [0, 0.05) is 17.2 Å². The molecule has 2 atom stereocenters. The minimum atomic E-state index is -1.55. The van der Waals surface area contributed by atoms with Crippen molar-refractivity contribution in [3.63, 3.8) is 0 Å². The lowest BCUT2D eigenvalue weighted by atomic mass is 9.83. The Kier molecular flexibility index (Phi) is 5.04. The number of phenolic OH excluding ortho intramolecular Hbond substituents is 1. The quantitative estimate of drug-likeness (QED) is 0.314. The predicted octanol–water partition coefficient (Wildman–Crippen LogP) is 3.96. The molecule has 0 saturated carbocycles. The normalized spacial score (nSPS) is 18.8. The third-order valence-corrected chi connectivity index (χ3v) is 6.17. The maximum absolute atomic E-state index is 13.5. The number of benzene rings is 3. The maximum atomic E-state index is 13.5. The van der Waals surface area contributed by atoms with E-state index in [1.54, 1.807) is 68.4 Å². The van der Waals surface area contributed by atoms with Gasteiger partial charge in [0.15, 0.2) is 5.58 Å². The number of hydrogen-bond acceptors (Lipinski definition) is 7. The molecule has 4 aromatic rings. The molecule has 2 unspecified atom stereocenters. The van der Waals surface area contributed by atoms with Crippen molar-refractivity contribution in [3.05, 3.63) is 93.8 Å². The first-order valence-corrected chi connectivity index (χ1v) is 10.8. The van der Waals surface area contributed by atoms with E-state index in [1.165, 1.54) is 6.07 Å². The SMILES string of the molecule is CC1(C)Oc2c(c(O)c(C(=O)c3ccccc3)c3oc(=O)cc(-c4ccccc4)c23)C(O)C1O. The second-order valence-electron chi connectivity index (χ2n) is 8.81. The average molecular weight is 458 g/mol. The Morgan fingerprint density at radius 1 is 0.971 bits per heavy atom. The van der Waals surface area contributed by atoms with Gasteiger partial charge in [0.2, 0.25) is 5.78 Å². The number of rotatable bonds is 3. The molecule has 1 aliphatic heterocycles. The lowest BCUT2D eigenvalue weighted by Crippen LogP contribution is -2.49. The Hall–Kier alpha value is -3.94. The third kappa shape index (κ3) is 3.29.